The Morgan fingerprint density at radius 3 is 2.29 bits per heavy atom. The Hall–Kier alpha value is -1.98. The van der Waals surface area contributed by atoms with Crippen LogP contribution >= 0.6 is 0 Å². The van der Waals surface area contributed by atoms with Gasteiger partial charge in [0.15, 0.2) is 0 Å². The smallest absolute Gasteiger partial charge is 0.475 e. The summed E-state index contributed by atoms with van der Waals surface area (Å²) in [5.74, 6) is -1.89. The number of carboxylic acid groups (broad SMARTS) is 1. The van der Waals surface area contributed by atoms with Gasteiger partial charge in [-0.2, -0.15) is 13.2 Å². The van der Waals surface area contributed by atoms with Crippen LogP contribution in [-0.2, 0) is 20.7 Å². The normalized spacial score (nSPS) is 24.0. The minimum absolute atomic E-state index is 0.0723. The zero-order chi connectivity index (χ0) is 22.5. The van der Waals surface area contributed by atoms with Gasteiger partial charge in [-0.15, -0.1) is 0 Å². The lowest BCUT2D eigenvalue weighted by atomic mass is 9.87. The van der Waals surface area contributed by atoms with Crippen LogP contribution in [0.4, 0.5) is 19.1 Å². The van der Waals surface area contributed by atoms with Gasteiger partial charge in [0.05, 0.1) is 25.4 Å². The molecule has 3 aliphatic heterocycles. The second kappa shape index (κ2) is 10.1. The van der Waals surface area contributed by atoms with Crippen LogP contribution in [0.15, 0.2) is 12.4 Å². The van der Waals surface area contributed by atoms with Gasteiger partial charge in [0.1, 0.15) is 0 Å². The van der Waals surface area contributed by atoms with Crippen LogP contribution in [0.5, 0.6) is 0 Å². The Bertz CT molecular complexity index is 718. The number of aliphatic carboxylic acids is 1. The number of anilines is 1. The minimum atomic E-state index is -5.08. The van der Waals surface area contributed by atoms with E-state index in [1.807, 2.05) is 12.4 Å². The van der Waals surface area contributed by atoms with Crippen molar-refractivity contribution in [1.82, 2.24) is 14.9 Å². The molecule has 31 heavy (non-hydrogen) atoms. The van der Waals surface area contributed by atoms with Crippen LogP contribution in [0.3, 0.4) is 0 Å². The Balaban J connectivity index is 0.000000339. The Morgan fingerprint density at radius 2 is 1.77 bits per heavy atom. The average Bonchev–Trinajstić information content (AvgIpc) is 3.18. The molecule has 0 bridgehead atoms. The van der Waals surface area contributed by atoms with Gasteiger partial charge in [-0.1, -0.05) is 6.92 Å². The highest BCUT2D eigenvalue weighted by Gasteiger charge is 2.44. The fourth-order valence-corrected chi connectivity index (χ4v) is 4.15. The predicted octanol–water partition coefficient (Wildman–Crippen LogP) is 2.13. The molecular formula is C20H29F3N4O4. The summed E-state index contributed by atoms with van der Waals surface area (Å²) >= 11 is 0. The second-order valence-corrected chi connectivity index (χ2v) is 8.04. The van der Waals surface area contributed by atoms with E-state index >= 15 is 0 Å². The summed E-state index contributed by atoms with van der Waals surface area (Å²) in [5, 5.41) is 7.12. The molecule has 0 amide bonds. The zero-order valence-corrected chi connectivity index (χ0v) is 17.6. The van der Waals surface area contributed by atoms with Crippen LogP contribution < -0.4 is 4.90 Å². The van der Waals surface area contributed by atoms with Gasteiger partial charge < -0.3 is 19.5 Å². The van der Waals surface area contributed by atoms with Crippen molar-refractivity contribution < 1.29 is 32.5 Å². The van der Waals surface area contributed by atoms with Crippen molar-refractivity contribution in [3.63, 3.8) is 0 Å². The third-order valence-corrected chi connectivity index (χ3v) is 6.05. The summed E-state index contributed by atoms with van der Waals surface area (Å²) in [4.78, 5) is 22.8. The lowest BCUT2D eigenvalue weighted by molar-refractivity contribution is -0.192. The number of halogens is 3. The van der Waals surface area contributed by atoms with Crippen LogP contribution in [0.2, 0.25) is 0 Å². The molecule has 1 spiro atoms. The van der Waals surface area contributed by atoms with Crippen molar-refractivity contribution in [2.24, 2.45) is 0 Å². The molecule has 3 fully saturated rings. The molecule has 0 saturated carbocycles. The lowest BCUT2D eigenvalue weighted by Crippen LogP contribution is -2.47. The summed E-state index contributed by atoms with van der Waals surface area (Å²) < 4.78 is 43.5. The molecule has 1 atom stereocenters. The van der Waals surface area contributed by atoms with E-state index in [2.05, 4.69) is 26.7 Å². The molecule has 4 rings (SSSR count). The maximum Gasteiger partial charge on any atom is 0.490 e. The average molecular weight is 446 g/mol. The number of piperidine rings is 1. The highest BCUT2D eigenvalue weighted by Crippen LogP contribution is 2.38. The van der Waals surface area contributed by atoms with E-state index in [9.17, 15) is 13.2 Å². The molecule has 3 saturated heterocycles. The summed E-state index contributed by atoms with van der Waals surface area (Å²) in [6.45, 7) is 8.81. The van der Waals surface area contributed by atoms with E-state index in [-0.39, 0.29) is 5.60 Å². The minimum Gasteiger partial charge on any atom is -0.475 e. The summed E-state index contributed by atoms with van der Waals surface area (Å²) in [6.07, 6.45) is 3.12. The second-order valence-electron chi connectivity index (χ2n) is 8.04. The number of ether oxygens (including phenoxy) is 2. The van der Waals surface area contributed by atoms with Crippen molar-refractivity contribution in [2.45, 2.75) is 50.4 Å². The number of carboxylic acids is 1. The first-order valence-electron chi connectivity index (χ1n) is 10.5. The number of morpholine rings is 1. The fourth-order valence-electron chi connectivity index (χ4n) is 4.15. The molecule has 4 heterocycles. The maximum absolute atomic E-state index is 10.6. The first-order chi connectivity index (χ1) is 14.7. The molecule has 0 aliphatic carbocycles. The highest BCUT2D eigenvalue weighted by atomic mass is 19.4. The number of nitrogens with zero attached hydrogens (tertiary/aromatic N) is 4. The van der Waals surface area contributed by atoms with Crippen molar-refractivity contribution in [3.05, 3.63) is 18.0 Å². The van der Waals surface area contributed by atoms with Crippen LogP contribution in [-0.4, -0.2) is 89.8 Å². The van der Waals surface area contributed by atoms with Crippen molar-refractivity contribution in [1.29, 1.82) is 0 Å². The molecule has 0 radical (unpaired) electrons. The first-order valence-corrected chi connectivity index (χ1v) is 10.5. The molecule has 174 valence electrons. The largest absolute Gasteiger partial charge is 0.490 e. The number of alkyl halides is 3. The van der Waals surface area contributed by atoms with E-state index in [4.69, 9.17) is 19.4 Å². The summed E-state index contributed by atoms with van der Waals surface area (Å²) in [5.41, 5.74) is 1.27. The summed E-state index contributed by atoms with van der Waals surface area (Å²) in [6, 6.07) is 0.570. The number of hydrogen-bond acceptors (Lipinski definition) is 7. The van der Waals surface area contributed by atoms with E-state index in [0.717, 1.165) is 77.6 Å². The Labute approximate surface area is 179 Å². The third kappa shape index (κ3) is 6.27. The fraction of sp³-hybridized carbons (Fsp3) is 0.750. The topological polar surface area (TPSA) is 88.0 Å². The number of hydrogen-bond donors (Lipinski definition) is 1. The standard InChI is InChI=1S/C18H28N4O2.C2HF3O2/c1-2-15-12-19-17(20-13-15)22-5-3-18(4-6-22)11-16(14-24-18)21-7-9-23-10-8-21;3-2(4,5)1(6)7/h12-13,16H,2-11,14H2,1H3;(H,6,7). The van der Waals surface area contributed by atoms with Crippen LogP contribution in [0.25, 0.3) is 0 Å². The van der Waals surface area contributed by atoms with E-state index in [1.165, 1.54) is 5.56 Å². The number of aromatic nitrogens is 2. The van der Waals surface area contributed by atoms with Crippen molar-refractivity contribution >= 4 is 11.9 Å². The third-order valence-electron chi connectivity index (χ3n) is 6.05. The molecule has 0 aromatic carbocycles. The van der Waals surface area contributed by atoms with Crippen molar-refractivity contribution in [2.75, 3.05) is 50.9 Å². The molecular weight excluding hydrogens is 417 g/mol. The van der Waals surface area contributed by atoms with Gasteiger partial charge in [-0.25, -0.2) is 14.8 Å². The number of rotatable bonds is 3. The molecule has 1 aromatic rings. The SMILES string of the molecule is CCc1cnc(N2CCC3(CC2)CC(N2CCOCC2)CO3)nc1.O=C(O)C(F)(F)F. The predicted molar refractivity (Wildman–Crippen MR) is 106 cm³/mol. The number of aryl methyl sites for hydroxylation is 1. The molecule has 3 aliphatic rings. The quantitative estimate of drug-likeness (QED) is 0.756. The molecule has 1 unspecified atom stereocenters. The van der Waals surface area contributed by atoms with Crippen LogP contribution in [0, 0.1) is 0 Å². The van der Waals surface area contributed by atoms with E-state index in [1.54, 1.807) is 0 Å². The molecule has 1 N–H and O–H groups in total. The highest BCUT2D eigenvalue weighted by molar-refractivity contribution is 5.73. The zero-order valence-electron chi connectivity index (χ0n) is 17.6. The van der Waals surface area contributed by atoms with Gasteiger partial charge in [-0.3, -0.25) is 4.90 Å². The molecule has 8 nitrogen and oxygen atoms in total. The van der Waals surface area contributed by atoms with Gasteiger partial charge in [0.2, 0.25) is 5.95 Å². The monoisotopic (exact) mass is 446 g/mol. The maximum atomic E-state index is 10.6. The van der Waals surface area contributed by atoms with E-state index in [0.29, 0.717) is 6.04 Å². The summed E-state index contributed by atoms with van der Waals surface area (Å²) in [7, 11) is 0. The van der Waals surface area contributed by atoms with Crippen LogP contribution in [0.1, 0.15) is 31.7 Å². The van der Waals surface area contributed by atoms with E-state index < -0.39 is 12.1 Å². The Morgan fingerprint density at radius 1 is 1.19 bits per heavy atom. The number of carbonyl (C=O) groups is 1. The molecule has 1 aromatic heterocycles. The van der Waals surface area contributed by atoms with Gasteiger partial charge in [0, 0.05) is 44.6 Å². The Kier molecular flexibility index (Phi) is 7.71. The first kappa shape index (κ1) is 23.7. The van der Waals surface area contributed by atoms with Gasteiger partial charge >= 0.3 is 12.1 Å². The van der Waals surface area contributed by atoms with Gasteiger partial charge in [-0.05, 0) is 31.2 Å². The molecule has 11 heteroatoms. The van der Waals surface area contributed by atoms with Gasteiger partial charge in [0.25, 0.3) is 0 Å². The van der Waals surface area contributed by atoms with Crippen molar-refractivity contribution in [3.8, 4) is 0 Å². The lowest BCUT2D eigenvalue weighted by Gasteiger charge is -2.39.